The topological polar surface area (TPSA) is 32.3 Å². The number of benzene rings is 1. The van der Waals surface area contributed by atoms with Crippen LogP contribution in [0.15, 0.2) is 30.3 Å². The van der Waals surface area contributed by atoms with Gasteiger partial charge in [-0.25, -0.2) is 0 Å². The van der Waals surface area contributed by atoms with Crippen LogP contribution in [0.5, 0.6) is 0 Å². The first-order chi connectivity index (χ1) is 10.2. The molecule has 1 heterocycles. The minimum absolute atomic E-state index is 0.141. The van der Waals surface area contributed by atoms with Crippen LogP contribution >= 0.6 is 0 Å². The molecule has 1 N–H and O–H groups in total. The number of carbonyl (C=O) groups is 1. The third kappa shape index (κ3) is 3.46. The van der Waals surface area contributed by atoms with Gasteiger partial charge in [0.05, 0.1) is 6.67 Å². The third-order valence-corrected chi connectivity index (χ3v) is 5.12. The van der Waals surface area contributed by atoms with Crippen molar-refractivity contribution in [3.63, 3.8) is 0 Å². The Kier molecular flexibility index (Phi) is 4.59. The van der Waals surface area contributed by atoms with E-state index in [-0.39, 0.29) is 11.9 Å². The van der Waals surface area contributed by atoms with Crippen LogP contribution in [-0.4, -0.2) is 24.0 Å². The quantitative estimate of drug-likeness (QED) is 0.920. The zero-order valence-corrected chi connectivity index (χ0v) is 12.9. The molecule has 114 valence electrons. The van der Waals surface area contributed by atoms with Gasteiger partial charge in [-0.1, -0.05) is 62.9 Å². The Hall–Kier alpha value is -1.35. The fraction of sp³-hybridized carbons (Fsp3) is 0.611. The zero-order valence-electron chi connectivity index (χ0n) is 12.9. The first-order valence-corrected chi connectivity index (χ1v) is 8.31. The lowest BCUT2D eigenvalue weighted by Crippen LogP contribution is -2.29. The number of hydrogen-bond donors (Lipinski definition) is 1. The van der Waals surface area contributed by atoms with Gasteiger partial charge in [-0.2, -0.15) is 0 Å². The van der Waals surface area contributed by atoms with E-state index in [1.807, 2.05) is 35.2 Å². The second-order valence-electron chi connectivity index (χ2n) is 6.72. The molecule has 1 saturated carbocycles. The number of carbonyl (C=O) groups excluding carboxylic acids is 1. The van der Waals surface area contributed by atoms with Crippen molar-refractivity contribution in [1.29, 1.82) is 0 Å². The van der Waals surface area contributed by atoms with E-state index in [2.05, 4.69) is 12.2 Å². The van der Waals surface area contributed by atoms with Gasteiger partial charge in [-0.15, -0.1) is 0 Å². The summed E-state index contributed by atoms with van der Waals surface area (Å²) in [5.74, 6) is 1.97. The first-order valence-electron chi connectivity index (χ1n) is 8.31. The SMILES string of the molecule is CC1CCC(CCN2CNC(c3ccccc3)C2=O)CC1. The van der Waals surface area contributed by atoms with Crippen LogP contribution in [0.25, 0.3) is 0 Å². The van der Waals surface area contributed by atoms with Crippen LogP contribution in [0.3, 0.4) is 0 Å². The second kappa shape index (κ2) is 6.61. The van der Waals surface area contributed by atoms with Crippen molar-refractivity contribution in [3.05, 3.63) is 35.9 Å². The normalized spacial score (nSPS) is 29.9. The molecule has 0 radical (unpaired) electrons. The van der Waals surface area contributed by atoms with Crippen molar-refractivity contribution in [3.8, 4) is 0 Å². The molecule has 2 aliphatic rings. The molecule has 1 saturated heterocycles. The minimum Gasteiger partial charge on any atom is -0.328 e. The van der Waals surface area contributed by atoms with E-state index >= 15 is 0 Å². The summed E-state index contributed by atoms with van der Waals surface area (Å²) in [5, 5.41) is 3.34. The van der Waals surface area contributed by atoms with Crippen LogP contribution < -0.4 is 5.32 Å². The van der Waals surface area contributed by atoms with Crippen LogP contribution in [0.4, 0.5) is 0 Å². The lowest BCUT2D eigenvalue weighted by molar-refractivity contribution is -0.129. The smallest absolute Gasteiger partial charge is 0.245 e. The maximum Gasteiger partial charge on any atom is 0.245 e. The predicted octanol–water partition coefficient (Wildman–Crippen LogP) is 3.33. The predicted molar refractivity (Wildman–Crippen MR) is 84.6 cm³/mol. The van der Waals surface area contributed by atoms with Gasteiger partial charge in [0.1, 0.15) is 6.04 Å². The molecule has 2 fully saturated rings. The number of nitrogens with zero attached hydrogens (tertiary/aromatic N) is 1. The van der Waals surface area contributed by atoms with Crippen LogP contribution in [0, 0.1) is 11.8 Å². The summed E-state index contributed by atoms with van der Waals surface area (Å²) >= 11 is 0. The number of amides is 1. The van der Waals surface area contributed by atoms with E-state index < -0.39 is 0 Å². The van der Waals surface area contributed by atoms with Gasteiger partial charge < -0.3 is 4.90 Å². The van der Waals surface area contributed by atoms with Crippen LogP contribution in [-0.2, 0) is 4.79 Å². The number of hydrogen-bond acceptors (Lipinski definition) is 2. The molecule has 1 atom stereocenters. The van der Waals surface area contributed by atoms with Gasteiger partial charge in [0.15, 0.2) is 0 Å². The fourth-order valence-electron chi connectivity index (χ4n) is 3.60. The molecule has 1 unspecified atom stereocenters. The molecule has 0 spiro atoms. The number of nitrogens with one attached hydrogen (secondary N) is 1. The van der Waals surface area contributed by atoms with E-state index in [4.69, 9.17) is 0 Å². The van der Waals surface area contributed by atoms with Gasteiger partial charge in [-0.3, -0.25) is 10.1 Å². The van der Waals surface area contributed by atoms with Crippen molar-refractivity contribution in [2.45, 2.75) is 45.1 Å². The molecule has 3 nitrogen and oxygen atoms in total. The Balaban J connectivity index is 1.50. The van der Waals surface area contributed by atoms with E-state index in [1.54, 1.807) is 0 Å². The highest BCUT2D eigenvalue weighted by Crippen LogP contribution is 2.31. The van der Waals surface area contributed by atoms with Crippen molar-refractivity contribution in [2.24, 2.45) is 11.8 Å². The van der Waals surface area contributed by atoms with Crippen LogP contribution in [0.2, 0.25) is 0 Å². The molecule has 3 rings (SSSR count). The van der Waals surface area contributed by atoms with Gasteiger partial charge in [0.25, 0.3) is 0 Å². The largest absolute Gasteiger partial charge is 0.328 e. The Morgan fingerprint density at radius 3 is 2.57 bits per heavy atom. The molecule has 3 heteroatoms. The summed E-state index contributed by atoms with van der Waals surface area (Å²) in [6, 6.07) is 9.90. The molecular formula is C18H26N2O. The summed E-state index contributed by atoms with van der Waals surface area (Å²) in [4.78, 5) is 14.5. The Morgan fingerprint density at radius 2 is 1.86 bits per heavy atom. The molecule has 1 amide bonds. The maximum atomic E-state index is 12.5. The summed E-state index contributed by atoms with van der Waals surface area (Å²) in [5.41, 5.74) is 1.08. The molecular weight excluding hydrogens is 260 g/mol. The molecule has 0 aromatic heterocycles. The highest BCUT2D eigenvalue weighted by molar-refractivity contribution is 5.85. The average Bonchev–Trinajstić information content (AvgIpc) is 2.89. The molecule has 21 heavy (non-hydrogen) atoms. The summed E-state index contributed by atoms with van der Waals surface area (Å²) in [6.45, 7) is 3.96. The van der Waals surface area contributed by atoms with E-state index in [0.29, 0.717) is 6.67 Å². The fourth-order valence-corrected chi connectivity index (χ4v) is 3.60. The summed E-state index contributed by atoms with van der Waals surface area (Å²) in [7, 11) is 0. The van der Waals surface area contributed by atoms with Crippen molar-refractivity contribution in [1.82, 2.24) is 10.2 Å². The highest BCUT2D eigenvalue weighted by Gasteiger charge is 2.32. The summed E-state index contributed by atoms with van der Waals surface area (Å²) in [6.07, 6.45) is 6.59. The lowest BCUT2D eigenvalue weighted by Gasteiger charge is -2.27. The minimum atomic E-state index is -0.141. The van der Waals surface area contributed by atoms with Gasteiger partial charge in [-0.05, 0) is 23.8 Å². The first kappa shape index (κ1) is 14.6. The Labute approximate surface area is 127 Å². The molecule has 1 aliphatic carbocycles. The molecule has 1 aromatic carbocycles. The standard InChI is InChI=1S/C18H26N2O/c1-14-7-9-15(10-8-14)11-12-20-13-19-17(18(20)21)16-5-3-2-4-6-16/h2-6,14-15,17,19H,7-13H2,1H3. The maximum absolute atomic E-state index is 12.5. The number of rotatable bonds is 4. The van der Waals surface area contributed by atoms with Gasteiger partial charge in [0, 0.05) is 6.54 Å². The van der Waals surface area contributed by atoms with Crippen molar-refractivity contribution in [2.75, 3.05) is 13.2 Å². The Morgan fingerprint density at radius 1 is 1.14 bits per heavy atom. The lowest BCUT2D eigenvalue weighted by atomic mass is 9.81. The van der Waals surface area contributed by atoms with E-state index in [9.17, 15) is 4.79 Å². The van der Waals surface area contributed by atoms with Crippen molar-refractivity contribution >= 4 is 5.91 Å². The molecule has 0 bridgehead atoms. The molecule has 1 aliphatic heterocycles. The van der Waals surface area contributed by atoms with Crippen LogP contribution in [0.1, 0.15) is 50.6 Å². The average molecular weight is 286 g/mol. The highest BCUT2D eigenvalue weighted by atomic mass is 16.2. The van der Waals surface area contributed by atoms with Crippen molar-refractivity contribution < 1.29 is 4.79 Å². The monoisotopic (exact) mass is 286 g/mol. The van der Waals surface area contributed by atoms with E-state index in [1.165, 1.54) is 32.1 Å². The summed E-state index contributed by atoms with van der Waals surface area (Å²) < 4.78 is 0. The zero-order chi connectivity index (χ0) is 14.7. The Bertz CT molecular complexity index is 465. The second-order valence-corrected chi connectivity index (χ2v) is 6.72. The van der Waals surface area contributed by atoms with E-state index in [0.717, 1.165) is 23.9 Å². The molecule has 1 aromatic rings. The third-order valence-electron chi connectivity index (χ3n) is 5.12. The van der Waals surface area contributed by atoms with Gasteiger partial charge >= 0.3 is 0 Å². The van der Waals surface area contributed by atoms with Gasteiger partial charge in [0.2, 0.25) is 5.91 Å².